The van der Waals surface area contributed by atoms with Crippen LogP contribution in [0.5, 0.6) is 0 Å². The molecule has 1 unspecified atom stereocenters. The summed E-state index contributed by atoms with van der Waals surface area (Å²) in [5, 5.41) is 9.75. The van der Waals surface area contributed by atoms with Crippen molar-refractivity contribution < 1.29 is 4.79 Å². The van der Waals surface area contributed by atoms with Crippen molar-refractivity contribution in [2.75, 3.05) is 6.54 Å². The number of carbonyl (C=O) groups excluding carboxylic acids is 1. The smallest absolute Gasteiger partial charge is 0.225 e. The predicted octanol–water partition coefficient (Wildman–Crippen LogP) is 2.55. The number of aromatic nitrogens is 2. The number of hydrogen-bond donors (Lipinski definition) is 2. The molecule has 5 heteroatoms. The maximum Gasteiger partial charge on any atom is 0.225 e. The second-order valence-corrected chi connectivity index (χ2v) is 6.41. The fraction of sp³-hybridized carbons (Fsp3) is 0.300. The average molecular weight is 336 g/mol. The molecule has 3 rings (SSSR count). The number of benzene rings is 2. The zero-order chi connectivity index (χ0) is 18.0. The highest BCUT2D eigenvalue weighted by molar-refractivity contribution is 5.84. The van der Waals surface area contributed by atoms with Crippen LogP contribution in [0.1, 0.15) is 28.6 Å². The molecule has 1 amide bonds. The molecule has 0 radical (unpaired) electrons. The van der Waals surface area contributed by atoms with E-state index in [1.165, 1.54) is 5.39 Å². The highest BCUT2D eigenvalue weighted by atomic mass is 16.1. The zero-order valence-corrected chi connectivity index (χ0v) is 14.9. The van der Waals surface area contributed by atoms with E-state index in [2.05, 4.69) is 34.7 Å². The lowest BCUT2D eigenvalue weighted by Crippen LogP contribution is -2.34. The van der Waals surface area contributed by atoms with E-state index in [-0.39, 0.29) is 11.9 Å². The maximum atomic E-state index is 12.5. The summed E-state index contributed by atoms with van der Waals surface area (Å²) in [5.74, 6) is -0.0391. The van der Waals surface area contributed by atoms with E-state index in [0.29, 0.717) is 13.0 Å². The molecular formula is C20H24N4O. The van der Waals surface area contributed by atoms with Crippen LogP contribution in [0, 0.1) is 13.8 Å². The van der Waals surface area contributed by atoms with Crippen LogP contribution in [-0.4, -0.2) is 22.2 Å². The Morgan fingerprint density at radius 1 is 1.20 bits per heavy atom. The molecule has 0 saturated carbocycles. The molecule has 2 aromatic carbocycles. The number of hydrogen-bond acceptors (Lipinski definition) is 3. The number of rotatable bonds is 5. The molecule has 0 spiro atoms. The van der Waals surface area contributed by atoms with Gasteiger partial charge in [-0.3, -0.25) is 9.48 Å². The lowest BCUT2D eigenvalue weighted by molar-refractivity contribution is -0.121. The predicted molar refractivity (Wildman–Crippen MR) is 100 cm³/mol. The summed E-state index contributed by atoms with van der Waals surface area (Å²) in [6, 6.07) is 14.1. The molecule has 130 valence electrons. The molecule has 1 atom stereocenters. The van der Waals surface area contributed by atoms with Gasteiger partial charge in [-0.25, -0.2) is 0 Å². The van der Waals surface area contributed by atoms with Crippen LogP contribution >= 0.6 is 0 Å². The number of nitrogens with zero attached hydrogens (tertiary/aromatic N) is 2. The van der Waals surface area contributed by atoms with Gasteiger partial charge < -0.3 is 11.1 Å². The second-order valence-electron chi connectivity index (χ2n) is 6.41. The van der Waals surface area contributed by atoms with E-state index in [9.17, 15) is 4.79 Å². The van der Waals surface area contributed by atoms with E-state index >= 15 is 0 Å². The van der Waals surface area contributed by atoms with Crippen molar-refractivity contribution in [2.45, 2.75) is 26.3 Å². The Labute approximate surface area is 147 Å². The number of nitrogens with one attached hydrogen (secondary N) is 1. The van der Waals surface area contributed by atoms with Crippen LogP contribution in [0.2, 0.25) is 0 Å². The minimum Gasteiger partial charge on any atom is -0.348 e. The van der Waals surface area contributed by atoms with E-state index in [1.54, 1.807) is 0 Å². The van der Waals surface area contributed by atoms with Crippen molar-refractivity contribution in [3.63, 3.8) is 0 Å². The van der Waals surface area contributed by atoms with E-state index in [0.717, 1.165) is 27.9 Å². The molecule has 5 nitrogen and oxygen atoms in total. The van der Waals surface area contributed by atoms with Crippen LogP contribution in [0.3, 0.4) is 0 Å². The first-order chi connectivity index (χ1) is 12.0. The van der Waals surface area contributed by atoms with Crippen molar-refractivity contribution in [3.8, 4) is 0 Å². The Kier molecular flexibility index (Phi) is 4.86. The van der Waals surface area contributed by atoms with E-state index < -0.39 is 0 Å². The van der Waals surface area contributed by atoms with Gasteiger partial charge in [-0.2, -0.15) is 5.10 Å². The minimum atomic E-state index is -0.200. The lowest BCUT2D eigenvalue weighted by Gasteiger charge is -2.18. The average Bonchev–Trinajstić information content (AvgIpc) is 2.85. The number of amides is 1. The summed E-state index contributed by atoms with van der Waals surface area (Å²) in [6.07, 6.45) is 0.315. The summed E-state index contributed by atoms with van der Waals surface area (Å²) >= 11 is 0. The van der Waals surface area contributed by atoms with E-state index in [1.807, 2.05) is 43.8 Å². The molecule has 0 aliphatic carbocycles. The fourth-order valence-electron chi connectivity index (χ4n) is 3.18. The monoisotopic (exact) mass is 336 g/mol. The first-order valence-electron chi connectivity index (χ1n) is 8.46. The van der Waals surface area contributed by atoms with Gasteiger partial charge in [-0.15, -0.1) is 0 Å². The van der Waals surface area contributed by atoms with Crippen molar-refractivity contribution >= 4 is 16.7 Å². The van der Waals surface area contributed by atoms with Crippen LogP contribution in [0.25, 0.3) is 10.8 Å². The Hall–Kier alpha value is -2.66. The van der Waals surface area contributed by atoms with Crippen molar-refractivity contribution in [1.29, 1.82) is 0 Å². The molecule has 0 aliphatic heterocycles. The van der Waals surface area contributed by atoms with Gasteiger partial charge in [0.25, 0.3) is 0 Å². The first-order valence-corrected chi connectivity index (χ1v) is 8.46. The SMILES string of the molecule is Cc1nn(C)c(C)c1CC(=O)NC(CN)c1ccc2ccccc2c1. The highest BCUT2D eigenvalue weighted by Crippen LogP contribution is 2.20. The molecule has 0 aliphatic rings. The van der Waals surface area contributed by atoms with Gasteiger partial charge in [0.15, 0.2) is 0 Å². The number of aryl methyl sites for hydroxylation is 2. The second kappa shape index (κ2) is 7.07. The normalized spacial score (nSPS) is 12.3. The summed E-state index contributed by atoms with van der Waals surface area (Å²) in [5.41, 5.74) is 9.84. The Balaban J connectivity index is 1.77. The van der Waals surface area contributed by atoms with Gasteiger partial charge in [0.1, 0.15) is 0 Å². The third-order valence-corrected chi connectivity index (χ3v) is 4.74. The molecule has 3 aromatic rings. The van der Waals surface area contributed by atoms with Crippen molar-refractivity contribution in [2.24, 2.45) is 12.8 Å². The fourth-order valence-corrected chi connectivity index (χ4v) is 3.18. The van der Waals surface area contributed by atoms with Gasteiger partial charge in [0, 0.05) is 24.8 Å². The highest BCUT2D eigenvalue weighted by Gasteiger charge is 2.17. The van der Waals surface area contributed by atoms with Crippen LogP contribution in [0.4, 0.5) is 0 Å². The Morgan fingerprint density at radius 3 is 2.56 bits per heavy atom. The molecule has 0 bridgehead atoms. The minimum absolute atomic E-state index is 0.0391. The van der Waals surface area contributed by atoms with Gasteiger partial charge in [0.05, 0.1) is 18.2 Å². The number of fused-ring (bicyclic) bond motifs is 1. The van der Waals surface area contributed by atoms with Crippen molar-refractivity contribution in [3.05, 3.63) is 65.0 Å². The van der Waals surface area contributed by atoms with E-state index in [4.69, 9.17) is 5.73 Å². The molecule has 1 aromatic heterocycles. The third-order valence-electron chi connectivity index (χ3n) is 4.74. The zero-order valence-electron chi connectivity index (χ0n) is 14.9. The van der Waals surface area contributed by atoms with Crippen LogP contribution in [-0.2, 0) is 18.3 Å². The molecular weight excluding hydrogens is 312 g/mol. The van der Waals surface area contributed by atoms with Crippen LogP contribution < -0.4 is 11.1 Å². The summed E-state index contributed by atoms with van der Waals surface area (Å²) in [4.78, 5) is 12.5. The summed E-state index contributed by atoms with van der Waals surface area (Å²) in [6.45, 7) is 4.26. The van der Waals surface area contributed by atoms with Gasteiger partial charge in [-0.1, -0.05) is 36.4 Å². The largest absolute Gasteiger partial charge is 0.348 e. The molecule has 0 fully saturated rings. The summed E-state index contributed by atoms with van der Waals surface area (Å²) in [7, 11) is 1.89. The quantitative estimate of drug-likeness (QED) is 0.752. The topological polar surface area (TPSA) is 72.9 Å². The van der Waals surface area contributed by atoms with Crippen LogP contribution in [0.15, 0.2) is 42.5 Å². The third kappa shape index (κ3) is 3.56. The molecule has 25 heavy (non-hydrogen) atoms. The maximum absolute atomic E-state index is 12.5. The Bertz CT molecular complexity index is 913. The lowest BCUT2D eigenvalue weighted by atomic mass is 10.0. The molecule has 1 heterocycles. The van der Waals surface area contributed by atoms with Crippen molar-refractivity contribution in [1.82, 2.24) is 15.1 Å². The molecule has 3 N–H and O–H groups in total. The summed E-state index contributed by atoms with van der Waals surface area (Å²) < 4.78 is 1.81. The Morgan fingerprint density at radius 2 is 1.92 bits per heavy atom. The number of carbonyl (C=O) groups is 1. The van der Waals surface area contributed by atoms with Gasteiger partial charge in [-0.05, 0) is 36.2 Å². The standard InChI is InChI=1S/C20H24N4O/c1-13-18(14(2)24(3)23-13)11-20(25)22-19(12-21)17-9-8-15-6-4-5-7-16(15)10-17/h4-10,19H,11-12,21H2,1-3H3,(H,22,25). The van der Waals surface area contributed by atoms with Gasteiger partial charge in [0.2, 0.25) is 5.91 Å². The van der Waals surface area contributed by atoms with Gasteiger partial charge >= 0.3 is 0 Å². The first kappa shape index (κ1) is 17.2. The number of nitrogens with two attached hydrogens (primary N) is 1. The molecule has 0 saturated heterocycles.